The second-order valence-electron chi connectivity index (χ2n) is 6.09. The van der Waals surface area contributed by atoms with Gasteiger partial charge in [0.15, 0.2) is 10.8 Å². The lowest BCUT2D eigenvalue weighted by Crippen LogP contribution is -2.15. The number of nitrogens with zero attached hydrogens (tertiary/aromatic N) is 2. The molecule has 1 aliphatic rings. The number of esters is 1. The van der Waals surface area contributed by atoms with Crippen molar-refractivity contribution in [2.75, 3.05) is 17.2 Å². The topological polar surface area (TPSA) is 123 Å². The van der Waals surface area contributed by atoms with Gasteiger partial charge < -0.3 is 9.15 Å². The zero-order valence-corrected chi connectivity index (χ0v) is 16.9. The lowest BCUT2D eigenvalue weighted by atomic mass is 10.1. The number of thiazole rings is 1. The van der Waals surface area contributed by atoms with Crippen molar-refractivity contribution in [1.29, 1.82) is 0 Å². The number of carbonyl (C=O) groups is 3. The Morgan fingerprint density at radius 3 is 2.90 bits per heavy atom. The fourth-order valence-corrected chi connectivity index (χ4v) is 4.57. The summed E-state index contributed by atoms with van der Waals surface area (Å²) < 4.78 is 10.2. The Morgan fingerprint density at radius 1 is 1.28 bits per heavy atom. The highest BCUT2D eigenvalue weighted by molar-refractivity contribution is 7.16. The molecule has 0 saturated carbocycles. The van der Waals surface area contributed by atoms with E-state index in [0.29, 0.717) is 28.7 Å². The van der Waals surface area contributed by atoms with E-state index in [1.165, 1.54) is 22.7 Å². The Bertz CT molecular complexity index is 1060. The molecule has 2 amide bonds. The summed E-state index contributed by atoms with van der Waals surface area (Å²) in [4.78, 5) is 46.3. The second-order valence-corrected chi connectivity index (χ2v) is 8.13. The second kappa shape index (κ2) is 8.13. The zero-order valence-electron chi connectivity index (χ0n) is 15.3. The van der Waals surface area contributed by atoms with Crippen molar-refractivity contribution < 1.29 is 23.5 Å². The van der Waals surface area contributed by atoms with Crippen molar-refractivity contribution in [3.05, 3.63) is 44.9 Å². The third kappa shape index (κ3) is 4.05. The van der Waals surface area contributed by atoms with Crippen LogP contribution in [0, 0.1) is 0 Å². The first-order valence-corrected chi connectivity index (χ1v) is 10.5. The number of aryl methyl sites for hydroxylation is 1. The van der Waals surface area contributed by atoms with Crippen LogP contribution in [0.1, 0.15) is 50.0 Å². The minimum Gasteiger partial charge on any atom is -0.465 e. The molecule has 0 bridgehead atoms. The summed E-state index contributed by atoms with van der Waals surface area (Å²) in [6.07, 6.45) is 2.54. The molecule has 1 unspecified atom stereocenters. The Labute approximate surface area is 173 Å². The summed E-state index contributed by atoms with van der Waals surface area (Å²) in [5.74, 6) is -1.57. The van der Waals surface area contributed by atoms with Crippen LogP contribution in [0.4, 0.5) is 11.1 Å². The predicted molar refractivity (Wildman–Crippen MR) is 107 cm³/mol. The number of ether oxygens (including phenoxy) is 1. The van der Waals surface area contributed by atoms with Gasteiger partial charge in [0.25, 0.3) is 11.8 Å². The van der Waals surface area contributed by atoms with Crippen LogP contribution >= 0.6 is 22.7 Å². The Hall–Kier alpha value is -3.05. The van der Waals surface area contributed by atoms with Gasteiger partial charge in [-0.2, -0.15) is 4.98 Å². The number of amides is 2. The molecule has 4 rings (SSSR count). The van der Waals surface area contributed by atoms with E-state index in [2.05, 4.69) is 20.6 Å². The van der Waals surface area contributed by atoms with Gasteiger partial charge in [-0.25, -0.2) is 4.98 Å². The SMILES string of the molecule is CCOC(=O)C1CCc2sc(NC(=O)c3coc(NC(=O)c4cccs4)n3)nc21. The van der Waals surface area contributed by atoms with Crippen LogP contribution in [0.3, 0.4) is 0 Å². The van der Waals surface area contributed by atoms with Crippen LogP contribution in [0.2, 0.25) is 0 Å². The van der Waals surface area contributed by atoms with Crippen LogP contribution in [0.5, 0.6) is 0 Å². The average molecular weight is 432 g/mol. The van der Waals surface area contributed by atoms with Crippen LogP contribution in [0.25, 0.3) is 0 Å². The van der Waals surface area contributed by atoms with E-state index in [-0.39, 0.29) is 23.6 Å². The van der Waals surface area contributed by atoms with Gasteiger partial charge in [-0.05, 0) is 31.2 Å². The number of anilines is 2. The Kier molecular flexibility index (Phi) is 5.41. The molecule has 0 aromatic carbocycles. The van der Waals surface area contributed by atoms with E-state index in [9.17, 15) is 14.4 Å². The third-order valence-electron chi connectivity index (χ3n) is 4.21. The summed E-state index contributed by atoms with van der Waals surface area (Å²) in [6, 6.07) is 3.35. The van der Waals surface area contributed by atoms with Crippen LogP contribution in [-0.4, -0.2) is 34.4 Å². The standard InChI is InChI=1S/C18H16N4O5S2/c1-2-26-16(25)9-5-6-11-13(9)20-18(29-11)22-14(23)10-8-27-17(19-10)21-15(24)12-4-3-7-28-12/h3-4,7-9H,2,5-6H2,1H3,(H,19,21,24)(H,20,22,23). The van der Waals surface area contributed by atoms with Gasteiger partial charge >= 0.3 is 12.0 Å². The highest BCUT2D eigenvalue weighted by Gasteiger charge is 2.34. The lowest BCUT2D eigenvalue weighted by Gasteiger charge is -2.07. The van der Waals surface area contributed by atoms with Crippen molar-refractivity contribution in [3.63, 3.8) is 0 Å². The normalized spacial score (nSPS) is 15.0. The minimum absolute atomic E-state index is 0.00350. The fourth-order valence-electron chi connectivity index (χ4n) is 2.92. The molecular formula is C18H16N4O5S2. The number of nitrogens with one attached hydrogen (secondary N) is 2. The van der Waals surface area contributed by atoms with E-state index in [0.717, 1.165) is 17.6 Å². The van der Waals surface area contributed by atoms with Crippen molar-refractivity contribution in [1.82, 2.24) is 9.97 Å². The van der Waals surface area contributed by atoms with E-state index in [1.54, 1.807) is 24.4 Å². The van der Waals surface area contributed by atoms with Gasteiger partial charge in [0.1, 0.15) is 12.2 Å². The molecule has 1 atom stereocenters. The molecule has 150 valence electrons. The molecule has 0 radical (unpaired) electrons. The van der Waals surface area contributed by atoms with Crippen molar-refractivity contribution in [2.24, 2.45) is 0 Å². The first-order valence-electron chi connectivity index (χ1n) is 8.83. The summed E-state index contributed by atoms with van der Waals surface area (Å²) in [5, 5.41) is 7.31. The van der Waals surface area contributed by atoms with E-state index in [1.807, 2.05) is 0 Å². The van der Waals surface area contributed by atoms with E-state index < -0.39 is 11.8 Å². The maximum absolute atomic E-state index is 12.4. The number of thiophene rings is 1. The molecule has 9 nitrogen and oxygen atoms in total. The monoisotopic (exact) mass is 432 g/mol. The predicted octanol–water partition coefficient (Wildman–Crippen LogP) is 3.29. The summed E-state index contributed by atoms with van der Waals surface area (Å²) in [5.41, 5.74) is 0.664. The molecule has 0 fully saturated rings. The van der Waals surface area contributed by atoms with Gasteiger partial charge in [-0.1, -0.05) is 6.07 Å². The van der Waals surface area contributed by atoms with Crippen molar-refractivity contribution in [3.8, 4) is 0 Å². The number of rotatable bonds is 6. The van der Waals surface area contributed by atoms with Gasteiger partial charge in [0.05, 0.1) is 17.2 Å². The molecule has 0 saturated heterocycles. The number of fused-ring (bicyclic) bond motifs is 1. The van der Waals surface area contributed by atoms with Crippen LogP contribution in [0.15, 0.2) is 28.2 Å². The molecule has 11 heteroatoms. The Balaban J connectivity index is 1.41. The Morgan fingerprint density at radius 2 is 2.14 bits per heavy atom. The van der Waals surface area contributed by atoms with Gasteiger partial charge in [0.2, 0.25) is 0 Å². The highest BCUT2D eigenvalue weighted by Crippen LogP contribution is 2.39. The third-order valence-corrected chi connectivity index (χ3v) is 6.13. The molecule has 3 aromatic heterocycles. The quantitative estimate of drug-likeness (QED) is 0.573. The summed E-state index contributed by atoms with van der Waals surface area (Å²) in [7, 11) is 0. The van der Waals surface area contributed by atoms with E-state index in [4.69, 9.17) is 9.15 Å². The fraction of sp³-hybridized carbons (Fsp3) is 0.278. The maximum Gasteiger partial charge on any atom is 0.315 e. The molecule has 1 aliphatic carbocycles. The summed E-state index contributed by atoms with van der Waals surface area (Å²) >= 11 is 2.60. The maximum atomic E-state index is 12.4. The molecule has 0 aliphatic heterocycles. The summed E-state index contributed by atoms with van der Waals surface area (Å²) in [6.45, 7) is 2.07. The van der Waals surface area contributed by atoms with Gasteiger partial charge in [-0.15, -0.1) is 22.7 Å². The van der Waals surface area contributed by atoms with Crippen molar-refractivity contribution in [2.45, 2.75) is 25.7 Å². The molecular weight excluding hydrogens is 416 g/mol. The number of carbonyl (C=O) groups excluding carboxylic acids is 3. The number of hydrogen-bond acceptors (Lipinski definition) is 9. The lowest BCUT2D eigenvalue weighted by molar-refractivity contribution is -0.145. The first kappa shape index (κ1) is 19.3. The molecule has 29 heavy (non-hydrogen) atoms. The van der Waals surface area contributed by atoms with Gasteiger partial charge in [-0.3, -0.25) is 25.0 Å². The number of aromatic nitrogens is 2. The highest BCUT2D eigenvalue weighted by atomic mass is 32.1. The number of oxazole rings is 1. The largest absolute Gasteiger partial charge is 0.465 e. The van der Waals surface area contributed by atoms with Crippen molar-refractivity contribution >= 4 is 51.6 Å². The van der Waals surface area contributed by atoms with Crippen LogP contribution < -0.4 is 10.6 Å². The van der Waals surface area contributed by atoms with Gasteiger partial charge in [0, 0.05) is 4.88 Å². The molecule has 3 aromatic rings. The molecule has 3 heterocycles. The first-order chi connectivity index (χ1) is 14.0. The smallest absolute Gasteiger partial charge is 0.315 e. The van der Waals surface area contributed by atoms with Crippen LogP contribution in [-0.2, 0) is 16.0 Å². The average Bonchev–Trinajstić information content (AvgIpc) is 3.46. The molecule has 2 N–H and O–H groups in total. The van der Waals surface area contributed by atoms with E-state index >= 15 is 0 Å². The zero-order chi connectivity index (χ0) is 20.4. The minimum atomic E-state index is -0.523. The molecule has 0 spiro atoms. The number of hydrogen-bond donors (Lipinski definition) is 2.